The predicted molar refractivity (Wildman–Crippen MR) is 58.2 cm³/mol. The lowest BCUT2D eigenvalue weighted by atomic mass is 10.3. The number of rotatable bonds is 3. The van der Waals surface area contributed by atoms with E-state index in [0.717, 1.165) is 18.8 Å². The van der Waals surface area contributed by atoms with Gasteiger partial charge in [0.1, 0.15) is 5.75 Å². The molecule has 0 atom stereocenters. The Hall–Kier alpha value is -0.980. The zero-order chi connectivity index (χ0) is 9.94. The van der Waals surface area contributed by atoms with Gasteiger partial charge in [-0.1, -0.05) is 45.4 Å². The Morgan fingerprint density at radius 2 is 1.54 bits per heavy atom. The van der Waals surface area contributed by atoms with Crippen LogP contribution in [0.15, 0.2) is 30.3 Å². The quantitative estimate of drug-likeness (QED) is 0.685. The number of benzene rings is 1. The minimum absolute atomic E-state index is 0.810. The average Bonchev–Trinajstić information content (AvgIpc) is 2.18. The van der Waals surface area contributed by atoms with E-state index in [9.17, 15) is 0 Å². The van der Waals surface area contributed by atoms with Gasteiger partial charge in [0, 0.05) is 0 Å². The number of ether oxygens (including phenoxy) is 1. The van der Waals surface area contributed by atoms with E-state index in [1.165, 1.54) is 6.42 Å². The van der Waals surface area contributed by atoms with Crippen LogP contribution in [0.25, 0.3) is 0 Å². The molecule has 0 aromatic heterocycles. The van der Waals surface area contributed by atoms with Crippen LogP contribution in [0.2, 0.25) is 0 Å². The maximum Gasteiger partial charge on any atom is 0.119 e. The lowest BCUT2D eigenvalue weighted by molar-refractivity contribution is 0.317. The van der Waals surface area contributed by atoms with Crippen LogP contribution in [-0.2, 0) is 0 Å². The van der Waals surface area contributed by atoms with Crippen molar-refractivity contribution in [1.82, 2.24) is 0 Å². The SMILES string of the molecule is CCC.CCCOc1ccccc1. The molecular formula is C12H20O. The first-order chi connectivity index (χ1) is 6.35. The molecule has 0 N–H and O–H groups in total. The zero-order valence-corrected chi connectivity index (χ0v) is 8.92. The van der Waals surface area contributed by atoms with Crippen molar-refractivity contribution in [3.8, 4) is 5.75 Å². The fraction of sp³-hybridized carbons (Fsp3) is 0.500. The van der Waals surface area contributed by atoms with Crippen molar-refractivity contribution in [1.29, 1.82) is 0 Å². The van der Waals surface area contributed by atoms with Gasteiger partial charge in [0.05, 0.1) is 6.61 Å². The van der Waals surface area contributed by atoms with Crippen molar-refractivity contribution in [2.75, 3.05) is 6.61 Å². The Labute approximate surface area is 81.7 Å². The highest BCUT2D eigenvalue weighted by Crippen LogP contribution is 2.07. The standard InChI is InChI=1S/C9H12O.C3H8/c1-2-8-10-9-6-4-3-5-7-9;1-3-2/h3-7H,2,8H2,1H3;3H2,1-2H3. The summed E-state index contributed by atoms with van der Waals surface area (Å²) >= 11 is 0. The molecule has 0 unspecified atom stereocenters. The molecule has 1 heteroatoms. The molecule has 0 saturated heterocycles. The summed E-state index contributed by atoms with van der Waals surface area (Å²) in [6.45, 7) is 7.16. The highest BCUT2D eigenvalue weighted by atomic mass is 16.5. The largest absolute Gasteiger partial charge is 0.494 e. The molecule has 1 aromatic rings. The maximum atomic E-state index is 5.36. The Bertz CT molecular complexity index is 182. The molecule has 0 saturated carbocycles. The second-order valence-corrected chi connectivity index (χ2v) is 2.87. The third-order valence-electron chi connectivity index (χ3n) is 1.22. The van der Waals surface area contributed by atoms with Gasteiger partial charge in [0.15, 0.2) is 0 Å². The van der Waals surface area contributed by atoms with Gasteiger partial charge in [-0.2, -0.15) is 0 Å². The van der Waals surface area contributed by atoms with Crippen LogP contribution in [-0.4, -0.2) is 6.61 Å². The van der Waals surface area contributed by atoms with E-state index in [1.54, 1.807) is 0 Å². The van der Waals surface area contributed by atoms with Gasteiger partial charge < -0.3 is 4.74 Å². The molecular weight excluding hydrogens is 160 g/mol. The van der Waals surface area contributed by atoms with Gasteiger partial charge in [-0.15, -0.1) is 0 Å². The van der Waals surface area contributed by atoms with Crippen LogP contribution in [0.1, 0.15) is 33.6 Å². The molecule has 0 radical (unpaired) electrons. The first-order valence-electron chi connectivity index (χ1n) is 5.02. The van der Waals surface area contributed by atoms with E-state index >= 15 is 0 Å². The Morgan fingerprint density at radius 3 is 2.00 bits per heavy atom. The molecule has 0 aliphatic heterocycles. The van der Waals surface area contributed by atoms with Gasteiger partial charge in [0.25, 0.3) is 0 Å². The van der Waals surface area contributed by atoms with Gasteiger partial charge in [-0.05, 0) is 18.6 Å². The normalized spacial score (nSPS) is 8.54. The number of hydrogen-bond donors (Lipinski definition) is 0. The van der Waals surface area contributed by atoms with Crippen LogP contribution in [0.3, 0.4) is 0 Å². The van der Waals surface area contributed by atoms with Crippen LogP contribution in [0.5, 0.6) is 5.75 Å². The lowest BCUT2D eigenvalue weighted by Gasteiger charge is -2.01. The summed E-state index contributed by atoms with van der Waals surface area (Å²) < 4.78 is 5.36. The topological polar surface area (TPSA) is 9.23 Å². The molecule has 0 aliphatic carbocycles. The lowest BCUT2D eigenvalue weighted by Crippen LogP contribution is -1.93. The second-order valence-electron chi connectivity index (χ2n) is 2.87. The summed E-state index contributed by atoms with van der Waals surface area (Å²) in [5.41, 5.74) is 0. The van der Waals surface area contributed by atoms with Crippen LogP contribution in [0.4, 0.5) is 0 Å². The highest BCUT2D eigenvalue weighted by molar-refractivity contribution is 5.20. The predicted octanol–water partition coefficient (Wildman–Crippen LogP) is 3.89. The molecule has 0 spiro atoms. The minimum Gasteiger partial charge on any atom is -0.494 e. The zero-order valence-electron chi connectivity index (χ0n) is 8.92. The number of para-hydroxylation sites is 1. The van der Waals surface area contributed by atoms with Gasteiger partial charge in [-0.3, -0.25) is 0 Å². The van der Waals surface area contributed by atoms with Crippen LogP contribution < -0.4 is 4.74 Å². The summed E-state index contributed by atoms with van der Waals surface area (Å²) in [5.74, 6) is 0.962. The van der Waals surface area contributed by atoms with E-state index in [1.807, 2.05) is 30.3 Å². The molecule has 74 valence electrons. The van der Waals surface area contributed by atoms with E-state index in [2.05, 4.69) is 20.8 Å². The van der Waals surface area contributed by atoms with Crippen molar-refractivity contribution in [3.63, 3.8) is 0 Å². The first-order valence-corrected chi connectivity index (χ1v) is 5.02. The van der Waals surface area contributed by atoms with Crippen molar-refractivity contribution < 1.29 is 4.74 Å². The third kappa shape index (κ3) is 7.38. The molecule has 0 bridgehead atoms. The molecule has 0 heterocycles. The second kappa shape index (κ2) is 9.11. The fourth-order valence-electron chi connectivity index (χ4n) is 0.737. The van der Waals surface area contributed by atoms with Gasteiger partial charge in [0.2, 0.25) is 0 Å². The molecule has 1 aromatic carbocycles. The summed E-state index contributed by atoms with van der Waals surface area (Å²) in [7, 11) is 0. The average molecular weight is 180 g/mol. The monoisotopic (exact) mass is 180 g/mol. The Kier molecular flexibility index (Phi) is 8.42. The van der Waals surface area contributed by atoms with Gasteiger partial charge in [-0.25, -0.2) is 0 Å². The summed E-state index contributed by atoms with van der Waals surface area (Å²) in [6.07, 6.45) is 2.31. The van der Waals surface area contributed by atoms with E-state index in [0.29, 0.717) is 0 Å². The molecule has 1 nitrogen and oxygen atoms in total. The number of hydrogen-bond acceptors (Lipinski definition) is 1. The molecule has 13 heavy (non-hydrogen) atoms. The van der Waals surface area contributed by atoms with Crippen molar-refractivity contribution in [2.24, 2.45) is 0 Å². The van der Waals surface area contributed by atoms with E-state index in [-0.39, 0.29) is 0 Å². The fourth-order valence-corrected chi connectivity index (χ4v) is 0.737. The van der Waals surface area contributed by atoms with Crippen molar-refractivity contribution in [2.45, 2.75) is 33.6 Å². The summed E-state index contributed by atoms with van der Waals surface area (Å²) in [5, 5.41) is 0. The Morgan fingerprint density at radius 1 is 1.00 bits per heavy atom. The molecule has 1 rings (SSSR count). The Balaban J connectivity index is 0.000000424. The minimum atomic E-state index is 0.810. The molecule has 0 amide bonds. The summed E-state index contributed by atoms with van der Waals surface area (Å²) in [4.78, 5) is 0. The van der Waals surface area contributed by atoms with Crippen LogP contribution in [0, 0.1) is 0 Å². The summed E-state index contributed by atoms with van der Waals surface area (Å²) in [6, 6.07) is 9.88. The van der Waals surface area contributed by atoms with E-state index < -0.39 is 0 Å². The van der Waals surface area contributed by atoms with E-state index in [4.69, 9.17) is 4.74 Å². The van der Waals surface area contributed by atoms with Gasteiger partial charge >= 0.3 is 0 Å². The maximum absolute atomic E-state index is 5.36. The van der Waals surface area contributed by atoms with Crippen molar-refractivity contribution >= 4 is 0 Å². The third-order valence-corrected chi connectivity index (χ3v) is 1.22. The highest BCUT2D eigenvalue weighted by Gasteiger charge is 1.86. The smallest absolute Gasteiger partial charge is 0.119 e. The van der Waals surface area contributed by atoms with Crippen molar-refractivity contribution in [3.05, 3.63) is 30.3 Å². The molecule has 0 fully saturated rings. The molecule has 0 aliphatic rings. The van der Waals surface area contributed by atoms with Crippen LogP contribution >= 0.6 is 0 Å². The first kappa shape index (κ1) is 12.0.